The van der Waals surface area contributed by atoms with Gasteiger partial charge in [0.25, 0.3) is 11.8 Å². The Balaban J connectivity index is 1.98. The fourth-order valence-electron chi connectivity index (χ4n) is 4.51. The van der Waals surface area contributed by atoms with Gasteiger partial charge in [0.1, 0.15) is 10.9 Å². The standard InChI is InChI=1S/C30H28F3N5O6S/c1-42-20-12-17(13-21(43-2)25(20)44-3)24(28(40)36-15-16-8-5-4-6-9-16)38(19-11-7-10-18(14-19)30(31,32)33)29(41)26-22(34)23(27(35)39)37-45-26/h4-14,24H,15,34H2,1-3H3,(H2,35,39)(H,36,40). The van der Waals surface area contributed by atoms with E-state index in [9.17, 15) is 27.6 Å². The maximum atomic E-state index is 14.3. The highest BCUT2D eigenvalue weighted by atomic mass is 32.1. The molecule has 0 saturated heterocycles. The summed E-state index contributed by atoms with van der Waals surface area (Å²) in [5.41, 5.74) is 10.0. The third kappa shape index (κ3) is 6.93. The molecule has 5 N–H and O–H groups in total. The Morgan fingerprint density at radius 1 is 0.956 bits per heavy atom. The van der Waals surface area contributed by atoms with Crippen LogP contribution in [-0.4, -0.2) is 43.4 Å². The molecule has 0 saturated carbocycles. The molecule has 0 aliphatic heterocycles. The van der Waals surface area contributed by atoms with Gasteiger partial charge in [0, 0.05) is 12.2 Å². The van der Waals surface area contributed by atoms with Gasteiger partial charge >= 0.3 is 6.18 Å². The number of methoxy groups -OCH3 is 3. The number of carbonyl (C=O) groups excluding carboxylic acids is 3. The van der Waals surface area contributed by atoms with Crippen molar-refractivity contribution in [2.45, 2.75) is 18.8 Å². The molecule has 3 amide bonds. The number of rotatable bonds is 11. The summed E-state index contributed by atoms with van der Waals surface area (Å²) >= 11 is 0.511. The molecule has 0 radical (unpaired) electrons. The molecule has 4 aromatic rings. The number of alkyl halides is 3. The van der Waals surface area contributed by atoms with Crippen molar-refractivity contribution in [3.05, 3.63) is 94.0 Å². The minimum Gasteiger partial charge on any atom is -0.493 e. The van der Waals surface area contributed by atoms with E-state index in [1.165, 1.54) is 39.5 Å². The fraction of sp³-hybridized carbons (Fsp3) is 0.200. The predicted molar refractivity (Wildman–Crippen MR) is 160 cm³/mol. The van der Waals surface area contributed by atoms with Crippen LogP contribution in [0.15, 0.2) is 66.7 Å². The third-order valence-corrected chi connectivity index (χ3v) is 7.50. The fourth-order valence-corrected chi connectivity index (χ4v) is 5.26. The Morgan fingerprint density at radius 2 is 1.60 bits per heavy atom. The average Bonchev–Trinajstić information content (AvgIpc) is 3.42. The Morgan fingerprint density at radius 3 is 2.13 bits per heavy atom. The highest BCUT2D eigenvalue weighted by Gasteiger charge is 2.39. The number of hydrogen-bond acceptors (Lipinski definition) is 9. The maximum absolute atomic E-state index is 14.3. The van der Waals surface area contributed by atoms with E-state index in [4.69, 9.17) is 25.7 Å². The number of ether oxygens (including phenoxy) is 3. The normalized spacial score (nSPS) is 11.8. The number of aromatic nitrogens is 1. The number of nitrogens with two attached hydrogens (primary N) is 2. The van der Waals surface area contributed by atoms with Crippen LogP contribution in [0.1, 0.15) is 42.9 Å². The van der Waals surface area contributed by atoms with Gasteiger partial charge < -0.3 is 31.0 Å². The first-order valence-corrected chi connectivity index (χ1v) is 13.9. The van der Waals surface area contributed by atoms with Gasteiger partial charge in [-0.2, -0.15) is 17.5 Å². The van der Waals surface area contributed by atoms with Crippen molar-refractivity contribution in [3.63, 3.8) is 0 Å². The second-order valence-corrected chi connectivity index (χ2v) is 10.2. The minimum absolute atomic E-state index is 0.0136. The quantitative estimate of drug-likeness (QED) is 0.214. The summed E-state index contributed by atoms with van der Waals surface area (Å²) < 4.78 is 61.8. The maximum Gasteiger partial charge on any atom is 0.416 e. The summed E-state index contributed by atoms with van der Waals surface area (Å²) in [5.74, 6) is -2.44. The van der Waals surface area contributed by atoms with Crippen LogP contribution in [0.25, 0.3) is 0 Å². The third-order valence-electron chi connectivity index (χ3n) is 6.64. The topological polar surface area (TPSA) is 159 Å². The number of benzene rings is 3. The van der Waals surface area contributed by atoms with Crippen molar-refractivity contribution < 1.29 is 41.8 Å². The molecule has 1 unspecified atom stereocenters. The Bertz CT molecular complexity index is 1690. The van der Waals surface area contributed by atoms with Crippen molar-refractivity contribution in [3.8, 4) is 17.2 Å². The molecule has 45 heavy (non-hydrogen) atoms. The van der Waals surface area contributed by atoms with Crippen LogP contribution in [-0.2, 0) is 17.5 Å². The summed E-state index contributed by atoms with van der Waals surface area (Å²) in [4.78, 5) is 40.8. The molecule has 1 aromatic heterocycles. The molecule has 0 bridgehead atoms. The van der Waals surface area contributed by atoms with Gasteiger partial charge in [-0.15, -0.1) is 0 Å². The first-order valence-electron chi connectivity index (χ1n) is 13.1. The largest absolute Gasteiger partial charge is 0.493 e. The highest BCUT2D eigenvalue weighted by Crippen LogP contribution is 2.43. The van der Waals surface area contributed by atoms with Gasteiger partial charge in [0.05, 0.1) is 32.6 Å². The lowest BCUT2D eigenvalue weighted by molar-refractivity contribution is -0.137. The molecule has 1 heterocycles. The first-order chi connectivity index (χ1) is 21.4. The van der Waals surface area contributed by atoms with E-state index in [1.807, 2.05) is 0 Å². The predicted octanol–water partition coefficient (Wildman–Crippen LogP) is 4.57. The van der Waals surface area contributed by atoms with Crippen LogP contribution in [0.5, 0.6) is 17.2 Å². The molecular weight excluding hydrogens is 615 g/mol. The molecule has 3 aromatic carbocycles. The second kappa shape index (κ2) is 13.5. The van der Waals surface area contributed by atoms with E-state index >= 15 is 0 Å². The van der Waals surface area contributed by atoms with Crippen molar-refractivity contribution in [2.24, 2.45) is 5.73 Å². The Kier molecular flexibility index (Phi) is 9.82. The highest BCUT2D eigenvalue weighted by molar-refractivity contribution is 7.09. The molecule has 4 rings (SSSR count). The lowest BCUT2D eigenvalue weighted by Gasteiger charge is -2.32. The Hall–Kier alpha value is -5.31. The summed E-state index contributed by atoms with van der Waals surface area (Å²) in [5, 5.41) is 2.76. The number of hydrogen-bond donors (Lipinski definition) is 3. The Labute approximate surface area is 259 Å². The monoisotopic (exact) mass is 643 g/mol. The molecule has 0 aliphatic carbocycles. The van der Waals surface area contributed by atoms with Gasteiger partial charge in [-0.05, 0) is 53.0 Å². The summed E-state index contributed by atoms with van der Waals surface area (Å²) in [7, 11) is 4.04. The van der Waals surface area contributed by atoms with Crippen molar-refractivity contribution in [1.29, 1.82) is 0 Å². The van der Waals surface area contributed by atoms with Gasteiger partial charge in [-0.25, -0.2) is 0 Å². The molecule has 0 fully saturated rings. The smallest absolute Gasteiger partial charge is 0.416 e. The molecule has 15 heteroatoms. The minimum atomic E-state index is -4.79. The first kappa shape index (κ1) is 32.6. The molecule has 11 nitrogen and oxygen atoms in total. The van der Waals surface area contributed by atoms with E-state index in [1.54, 1.807) is 30.3 Å². The van der Waals surface area contributed by atoms with Crippen LogP contribution < -0.4 is 35.9 Å². The van der Waals surface area contributed by atoms with Crippen LogP contribution in [0.4, 0.5) is 24.5 Å². The van der Waals surface area contributed by atoms with Crippen LogP contribution in [0, 0.1) is 0 Å². The lowest BCUT2D eigenvalue weighted by atomic mass is 10.0. The van der Waals surface area contributed by atoms with Crippen molar-refractivity contribution in [1.82, 2.24) is 9.69 Å². The average molecular weight is 644 g/mol. The number of carbonyl (C=O) groups is 3. The van der Waals surface area contributed by atoms with Gasteiger partial charge in [-0.3, -0.25) is 19.3 Å². The lowest BCUT2D eigenvalue weighted by Crippen LogP contribution is -2.44. The second-order valence-electron chi connectivity index (χ2n) is 9.43. The number of nitrogens with zero attached hydrogens (tertiary/aromatic N) is 2. The van der Waals surface area contributed by atoms with E-state index in [0.29, 0.717) is 17.1 Å². The zero-order chi connectivity index (χ0) is 32.9. The molecule has 236 valence electrons. The van der Waals surface area contributed by atoms with Crippen LogP contribution in [0.2, 0.25) is 0 Å². The molecule has 1 atom stereocenters. The summed E-state index contributed by atoms with van der Waals surface area (Å²) in [6, 6.07) is 13.9. The van der Waals surface area contributed by atoms with Gasteiger partial charge in [0.15, 0.2) is 17.2 Å². The van der Waals surface area contributed by atoms with E-state index in [-0.39, 0.29) is 45.6 Å². The zero-order valence-corrected chi connectivity index (χ0v) is 25.0. The number of halogens is 3. The van der Waals surface area contributed by atoms with E-state index in [0.717, 1.165) is 23.1 Å². The van der Waals surface area contributed by atoms with E-state index < -0.39 is 41.2 Å². The van der Waals surface area contributed by atoms with Crippen LogP contribution in [0.3, 0.4) is 0 Å². The van der Waals surface area contributed by atoms with Crippen molar-refractivity contribution >= 4 is 40.6 Å². The number of nitrogen functional groups attached to an aromatic ring is 1. The van der Waals surface area contributed by atoms with Crippen molar-refractivity contribution in [2.75, 3.05) is 32.0 Å². The van der Waals surface area contributed by atoms with Gasteiger partial charge in [-0.1, -0.05) is 36.4 Å². The zero-order valence-electron chi connectivity index (χ0n) is 24.2. The molecule has 0 spiro atoms. The number of anilines is 2. The van der Waals surface area contributed by atoms with Gasteiger partial charge in [0.2, 0.25) is 11.7 Å². The SMILES string of the molecule is COc1cc(C(C(=O)NCc2ccccc2)N(C(=O)c2snc(C(N)=O)c2N)c2cccc(C(F)(F)F)c2)cc(OC)c1OC. The molecular formula is C30H28F3N5O6S. The van der Waals surface area contributed by atoms with Crippen LogP contribution >= 0.6 is 11.5 Å². The molecule has 0 aliphatic rings. The summed E-state index contributed by atoms with van der Waals surface area (Å²) in [6.07, 6.45) is -4.79. The number of nitrogens with one attached hydrogen (secondary N) is 1. The number of amides is 3. The summed E-state index contributed by atoms with van der Waals surface area (Å²) in [6.45, 7) is 0.0136. The number of primary amides is 1. The van der Waals surface area contributed by atoms with E-state index in [2.05, 4.69) is 9.69 Å².